The summed E-state index contributed by atoms with van der Waals surface area (Å²) in [6.07, 6.45) is -1.28. The zero-order chi connectivity index (χ0) is 4.28. The van der Waals surface area contributed by atoms with Crippen LogP contribution in [0.3, 0.4) is 0 Å². The molecule has 2 nitrogen and oxygen atoms in total. The van der Waals surface area contributed by atoms with Crippen molar-refractivity contribution in [1.82, 2.24) is 0 Å². The lowest BCUT2D eigenvalue weighted by atomic mass is 10.7. The fourth-order valence-corrected chi connectivity index (χ4v) is 0. The first-order chi connectivity index (χ1) is 2.27. The summed E-state index contributed by atoms with van der Waals surface area (Å²) in [5, 5.41) is 7.76. The quantitative estimate of drug-likeness (QED) is 0.405. The van der Waals surface area contributed by atoms with Crippen molar-refractivity contribution in [3.8, 4) is 0 Å². The van der Waals surface area contributed by atoms with Gasteiger partial charge in [-0.1, -0.05) is 0 Å². The van der Waals surface area contributed by atoms with E-state index < -0.39 is 12.9 Å². The molecule has 0 saturated carbocycles. The van der Waals surface area contributed by atoms with Crippen molar-refractivity contribution >= 4 is 0 Å². The van der Waals surface area contributed by atoms with Gasteiger partial charge in [0.05, 0.1) is 0 Å². The van der Waals surface area contributed by atoms with Crippen LogP contribution in [0.5, 0.6) is 0 Å². The molecule has 32 valence electrons. The molecule has 0 aliphatic carbocycles. The normalized spacial score (nSPS) is 15.0. The van der Waals surface area contributed by atoms with Gasteiger partial charge < -0.3 is 10.8 Å². The summed E-state index contributed by atoms with van der Waals surface area (Å²) < 4.78 is 10.7. The van der Waals surface area contributed by atoms with E-state index in [0.717, 1.165) is 0 Å². The monoisotopic (exact) mass is 79.0 g/mol. The predicted octanol–water partition coefficient (Wildman–Crippen LogP) is -0.767. The van der Waals surface area contributed by atoms with Gasteiger partial charge in [-0.05, 0) is 0 Å². The maximum Gasteiger partial charge on any atom is 0.131 e. The van der Waals surface area contributed by atoms with Crippen molar-refractivity contribution in [2.45, 2.75) is 6.23 Å². The van der Waals surface area contributed by atoms with E-state index in [9.17, 15) is 4.39 Å². The molecule has 1 unspecified atom stereocenters. The summed E-state index contributed by atoms with van der Waals surface area (Å²) in [4.78, 5) is 0. The van der Waals surface area contributed by atoms with Gasteiger partial charge in [-0.3, -0.25) is 0 Å². The number of hydrogen-bond donors (Lipinski definition) is 2. The predicted molar refractivity (Wildman–Crippen MR) is 16.2 cm³/mol. The van der Waals surface area contributed by atoms with E-state index in [-0.39, 0.29) is 0 Å². The first-order valence-electron chi connectivity index (χ1n) is 1.27. The molecule has 0 rings (SSSR count). The lowest BCUT2D eigenvalue weighted by Gasteiger charge is -1.88. The first-order valence-corrected chi connectivity index (χ1v) is 1.27. The standard InChI is InChI=1S/C2H6FNO/c3-1-2(4)5/h2,5H,1,4H2. The van der Waals surface area contributed by atoms with Crippen LogP contribution in [-0.4, -0.2) is 18.0 Å². The third kappa shape index (κ3) is 3.85. The lowest BCUT2D eigenvalue weighted by Crippen LogP contribution is -2.20. The molecule has 0 radical (unpaired) electrons. The van der Waals surface area contributed by atoms with Crippen molar-refractivity contribution in [1.29, 1.82) is 0 Å². The van der Waals surface area contributed by atoms with Gasteiger partial charge in [0.1, 0.15) is 12.9 Å². The smallest absolute Gasteiger partial charge is 0.131 e. The Bertz CT molecular complexity index is 23.6. The van der Waals surface area contributed by atoms with E-state index >= 15 is 0 Å². The van der Waals surface area contributed by atoms with Crippen molar-refractivity contribution in [2.24, 2.45) is 5.73 Å². The highest BCUT2D eigenvalue weighted by molar-refractivity contribution is 4.31. The van der Waals surface area contributed by atoms with E-state index in [1.807, 2.05) is 0 Å². The Morgan fingerprint density at radius 1 is 2.00 bits per heavy atom. The number of aliphatic hydroxyl groups is 1. The fraction of sp³-hybridized carbons (Fsp3) is 1.00. The maximum atomic E-state index is 10.7. The SMILES string of the molecule is NC(O)CF. The minimum atomic E-state index is -1.28. The molecule has 0 aliphatic rings. The van der Waals surface area contributed by atoms with E-state index in [4.69, 9.17) is 5.11 Å². The number of nitrogens with two attached hydrogens (primary N) is 1. The number of alkyl halides is 1. The maximum absolute atomic E-state index is 10.7. The van der Waals surface area contributed by atoms with E-state index in [1.54, 1.807) is 0 Å². The van der Waals surface area contributed by atoms with E-state index in [0.29, 0.717) is 0 Å². The third-order valence-electron chi connectivity index (χ3n) is 0.158. The van der Waals surface area contributed by atoms with Crippen molar-refractivity contribution in [3.63, 3.8) is 0 Å². The van der Waals surface area contributed by atoms with Crippen LogP contribution in [0.2, 0.25) is 0 Å². The van der Waals surface area contributed by atoms with Gasteiger partial charge in [-0.15, -0.1) is 0 Å². The number of rotatable bonds is 1. The van der Waals surface area contributed by atoms with Crippen LogP contribution in [0.4, 0.5) is 4.39 Å². The van der Waals surface area contributed by atoms with Crippen LogP contribution in [0.25, 0.3) is 0 Å². The second kappa shape index (κ2) is 2.11. The first kappa shape index (κ1) is 4.85. The van der Waals surface area contributed by atoms with Gasteiger partial charge in [-0.2, -0.15) is 0 Å². The molecule has 0 heterocycles. The van der Waals surface area contributed by atoms with Crippen molar-refractivity contribution in [3.05, 3.63) is 0 Å². The van der Waals surface area contributed by atoms with E-state index in [1.165, 1.54) is 0 Å². The molecule has 0 aromatic carbocycles. The molecule has 1 atom stereocenters. The Hall–Kier alpha value is -0.150. The molecule has 0 aliphatic heterocycles. The minimum Gasteiger partial charge on any atom is -0.376 e. The average molecular weight is 79.1 g/mol. The molecule has 0 spiro atoms. The molecule has 0 amide bonds. The second-order valence-corrected chi connectivity index (χ2v) is 0.722. The summed E-state index contributed by atoms with van der Waals surface area (Å²) >= 11 is 0. The van der Waals surface area contributed by atoms with Crippen LogP contribution in [0, 0.1) is 0 Å². The summed E-state index contributed by atoms with van der Waals surface area (Å²) in [5.74, 6) is 0. The fourth-order valence-electron chi connectivity index (χ4n) is 0. The molecule has 0 aromatic heterocycles. The third-order valence-corrected chi connectivity index (χ3v) is 0.158. The summed E-state index contributed by atoms with van der Waals surface area (Å²) in [7, 11) is 0. The summed E-state index contributed by atoms with van der Waals surface area (Å²) in [5.41, 5.74) is 4.47. The van der Waals surface area contributed by atoms with Gasteiger partial charge in [0.2, 0.25) is 0 Å². The van der Waals surface area contributed by atoms with Crippen LogP contribution in [-0.2, 0) is 0 Å². The molecule has 0 fully saturated rings. The van der Waals surface area contributed by atoms with Gasteiger partial charge in [0.25, 0.3) is 0 Å². The minimum absolute atomic E-state index is 0.861. The zero-order valence-corrected chi connectivity index (χ0v) is 2.69. The van der Waals surface area contributed by atoms with E-state index in [2.05, 4.69) is 5.73 Å². The van der Waals surface area contributed by atoms with Crippen molar-refractivity contribution < 1.29 is 9.50 Å². The molecule has 5 heavy (non-hydrogen) atoms. The van der Waals surface area contributed by atoms with Crippen molar-refractivity contribution in [2.75, 3.05) is 6.67 Å². The van der Waals surface area contributed by atoms with Crippen LogP contribution in [0.1, 0.15) is 0 Å². The topological polar surface area (TPSA) is 46.2 Å². The Morgan fingerprint density at radius 3 is 2.20 bits per heavy atom. The number of aliphatic hydroxyl groups excluding tert-OH is 1. The largest absolute Gasteiger partial charge is 0.376 e. The Labute approximate surface area is 29.4 Å². The molecule has 3 N–H and O–H groups in total. The van der Waals surface area contributed by atoms with Crippen LogP contribution >= 0.6 is 0 Å². The summed E-state index contributed by atoms with van der Waals surface area (Å²) in [6, 6.07) is 0. The Morgan fingerprint density at radius 2 is 2.20 bits per heavy atom. The second-order valence-electron chi connectivity index (χ2n) is 0.722. The van der Waals surface area contributed by atoms with Gasteiger partial charge in [-0.25, -0.2) is 4.39 Å². The lowest BCUT2D eigenvalue weighted by molar-refractivity contribution is 0.146. The highest BCUT2D eigenvalue weighted by Crippen LogP contribution is 1.65. The molecule has 0 aromatic rings. The number of halogens is 1. The summed E-state index contributed by atoms with van der Waals surface area (Å²) in [6.45, 7) is -0.861. The molecular formula is C2H6FNO. The molecule has 0 saturated heterocycles. The Kier molecular flexibility index (Phi) is 2.05. The molecule has 0 bridgehead atoms. The molecular weight excluding hydrogens is 73.0 g/mol. The zero-order valence-electron chi connectivity index (χ0n) is 2.69. The van der Waals surface area contributed by atoms with Crippen LogP contribution in [0.15, 0.2) is 0 Å². The highest BCUT2D eigenvalue weighted by atomic mass is 19.1. The van der Waals surface area contributed by atoms with Gasteiger partial charge in [0.15, 0.2) is 0 Å². The van der Waals surface area contributed by atoms with Gasteiger partial charge in [0, 0.05) is 0 Å². The number of hydrogen-bond acceptors (Lipinski definition) is 2. The molecule has 3 heteroatoms. The average Bonchev–Trinajstić information content (AvgIpc) is 1.38. The Balaban J connectivity index is 2.54. The highest BCUT2D eigenvalue weighted by Gasteiger charge is 1.85. The van der Waals surface area contributed by atoms with Crippen LogP contribution < -0.4 is 5.73 Å². The van der Waals surface area contributed by atoms with Gasteiger partial charge >= 0.3 is 0 Å².